The summed E-state index contributed by atoms with van der Waals surface area (Å²) in [4.78, 5) is 0. The van der Waals surface area contributed by atoms with Gasteiger partial charge in [0.15, 0.2) is 0 Å². The molecule has 0 fully saturated rings. The fraction of sp³-hybridized carbons (Fsp3) is 0.800. The third-order valence-electron chi connectivity index (χ3n) is 1.58. The standard InChI is InChI=1S/C10H21NSi/c1-10(2,9-11)7-6-8-12(3,4)5/h7,9,11H2,1-5H3. The number of hydrogen-bond donors (Lipinski definition) is 1. The molecule has 0 saturated heterocycles. The average molecular weight is 183 g/mol. The molecule has 0 radical (unpaired) electrons. The second-order valence-electron chi connectivity index (χ2n) is 5.10. The van der Waals surface area contributed by atoms with Crippen LogP contribution < -0.4 is 5.73 Å². The third kappa shape index (κ3) is 6.45. The van der Waals surface area contributed by atoms with Crippen LogP contribution >= 0.6 is 0 Å². The zero-order valence-corrected chi connectivity index (χ0v) is 9.99. The maximum Gasteiger partial charge on any atom is 0.129 e. The summed E-state index contributed by atoms with van der Waals surface area (Å²) in [5.41, 5.74) is 9.13. The van der Waals surface area contributed by atoms with Gasteiger partial charge in [0.25, 0.3) is 0 Å². The number of nitrogens with two attached hydrogens (primary N) is 1. The van der Waals surface area contributed by atoms with Gasteiger partial charge in [-0.25, -0.2) is 0 Å². The van der Waals surface area contributed by atoms with E-state index >= 15 is 0 Å². The van der Waals surface area contributed by atoms with Gasteiger partial charge in [-0.3, -0.25) is 0 Å². The molecule has 0 aliphatic rings. The summed E-state index contributed by atoms with van der Waals surface area (Å²) in [6, 6.07) is 0. The van der Waals surface area contributed by atoms with Crippen molar-refractivity contribution >= 4 is 8.07 Å². The minimum atomic E-state index is -1.17. The van der Waals surface area contributed by atoms with Crippen LogP contribution in [0.1, 0.15) is 20.3 Å². The molecule has 2 heteroatoms. The first-order valence-electron chi connectivity index (χ1n) is 4.47. The summed E-state index contributed by atoms with van der Waals surface area (Å²) in [5.74, 6) is 3.25. The molecule has 0 aromatic rings. The van der Waals surface area contributed by atoms with E-state index in [9.17, 15) is 0 Å². The smallest absolute Gasteiger partial charge is 0.129 e. The first-order valence-corrected chi connectivity index (χ1v) is 7.97. The highest BCUT2D eigenvalue weighted by atomic mass is 28.3. The maximum absolute atomic E-state index is 5.60. The van der Waals surface area contributed by atoms with Gasteiger partial charge in [-0.2, -0.15) is 0 Å². The SMILES string of the molecule is CC(C)(CN)CC#C[Si](C)(C)C. The highest BCUT2D eigenvalue weighted by Gasteiger charge is 2.14. The Morgan fingerprint density at radius 3 is 2.08 bits per heavy atom. The lowest BCUT2D eigenvalue weighted by molar-refractivity contribution is 0.391. The summed E-state index contributed by atoms with van der Waals surface area (Å²) in [6.07, 6.45) is 0.924. The van der Waals surface area contributed by atoms with Gasteiger partial charge in [0.05, 0.1) is 0 Å². The molecule has 1 nitrogen and oxygen atoms in total. The molecule has 12 heavy (non-hydrogen) atoms. The summed E-state index contributed by atoms with van der Waals surface area (Å²) in [6.45, 7) is 11.8. The monoisotopic (exact) mass is 183 g/mol. The van der Waals surface area contributed by atoms with E-state index in [1.807, 2.05) is 0 Å². The van der Waals surface area contributed by atoms with E-state index in [1.165, 1.54) is 0 Å². The minimum absolute atomic E-state index is 0.187. The van der Waals surface area contributed by atoms with Crippen LogP contribution in [-0.4, -0.2) is 14.6 Å². The zero-order chi connectivity index (χ0) is 9.83. The largest absolute Gasteiger partial charge is 0.330 e. The second kappa shape index (κ2) is 4.11. The van der Waals surface area contributed by atoms with Crippen molar-refractivity contribution in [1.29, 1.82) is 0 Å². The molecule has 2 N–H and O–H groups in total. The van der Waals surface area contributed by atoms with Gasteiger partial charge in [-0.15, -0.1) is 11.5 Å². The van der Waals surface area contributed by atoms with E-state index < -0.39 is 8.07 Å². The molecule has 0 amide bonds. The molecule has 0 rings (SSSR count). The van der Waals surface area contributed by atoms with Crippen molar-refractivity contribution in [2.45, 2.75) is 39.9 Å². The molecule has 0 aromatic carbocycles. The van der Waals surface area contributed by atoms with Crippen molar-refractivity contribution in [2.75, 3.05) is 6.54 Å². The fourth-order valence-electron chi connectivity index (χ4n) is 0.621. The Hall–Kier alpha value is -0.263. The third-order valence-corrected chi connectivity index (χ3v) is 2.51. The minimum Gasteiger partial charge on any atom is -0.330 e. The molecule has 0 bridgehead atoms. The molecule has 70 valence electrons. The predicted octanol–water partition coefficient (Wildman–Crippen LogP) is 2.24. The molecule has 0 atom stereocenters. The van der Waals surface area contributed by atoms with Crippen LogP contribution in [0.15, 0.2) is 0 Å². The summed E-state index contributed by atoms with van der Waals surface area (Å²) < 4.78 is 0. The second-order valence-corrected chi connectivity index (χ2v) is 9.85. The molecule has 0 aromatic heterocycles. The molecule has 0 heterocycles. The quantitative estimate of drug-likeness (QED) is 0.516. The van der Waals surface area contributed by atoms with Crippen LogP contribution in [-0.2, 0) is 0 Å². The topological polar surface area (TPSA) is 26.0 Å². The van der Waals surface area contributed by atoms with Crippen LogP contribution in [0.25, 0.3) is 0 Å². The molecule has 0 aliphatic heterocycles. The van der Waals surface area contributed by atoms with Crippen molar-refractivity contribution in [1.82, 2.24) is 0 Å². The molecule has 0 spiro atoms. The van der Waals surface area contributed by atoms with Crippen molar-refractivity contribution in [3.8, 4) is 11.5 Å². The highest BCUT2D eigenvalue weighted by molar-refractivity contribution is 6.83. The van der Waals surface area contributed by atoms with Crippen LogP contribution in [0.2, 0.25) is 19.6 Å². The normalized spacial score (nSPS) is 12.2. The molecular formula is C10H21NSi. The average Bonchev–Trinajstić information content (AvgIpc) is 1.84. The van der Waals surface area contributed by atoms with Crippen molar-refractivity contribution in [2.24, 2.45) is 11.1 Å². The van der Waals surface area contributed by atoms with Crippen LogP contribution in [0.3, 0.4) is 0 Å². The van der Waals surface area contributed by atoms with Crippen molar-refractivity contribution in [3.05, 3.63) is 0 Å². The summed E-state index contributed by atoms with van der Waals surface area (Å²) in [5, 5.41) is 0. The van der Waals surface area contributed by atoms with E-state index in [2.05, 4.69) is 45.0 Å². The summed E-state index contributed by atoms with van der Waals surface area (Å²) in [7, 11) is -1.17. The van der Waals surface area contributed by atoms with Crippen molar-refractivity contribution < 1.29 is 0 Å². The van der Waals surface area contributed by atoms with E-state index in [0.29, 0.717) is 6.54 Å². The van der Waals surface area contributed by atoms with Gasteiger partial charge in [-0.1, -0.05) is 33.5 Å². The number of rotatable bonds is 2. The van der Waals surface area contributed by atoms with Gasteiger partial charge in [-0.05, 0) is 12.0 Å². The highest BCUT2D eigenvalue weighted by Crippen LogP contribution is 2.16. The van der Waals surface area contributed by atoms with E-state index in [0.717, 1.165) is 6.42 Å². The first-order chi connectivity index (χ1) is 5.27. The van der Waals surface area contributed by atoms with Crippen LogP contribution in [0, 0.1) is 16.9 Å². The maximum atomic E-state index is 5.60. The van der Waals surface area contributed by atoms with Gasteiger partial charge in [0.2, 0.25) is 0 Å². The Balaban J connectivity index is 4.03. The Morgan fingerprint density at radius 1 is 1.25 bits per heavy atom. The van der Waals surface area contributed by atoms with Gasteiger partial charge in [0.1, 0.15) is 8.07 Å². The predicted molar refractivity (Wildman–Crippen MR) is 58.6 cm³/mol. The lowest BCUT2D eigenvalue weighted by atomic mass is 9.90. The Kier molecular flexibility index (Phi) is 4.02. The summed E-state index contributed by atoms with van der Waals surface area (Å²) >= 11 is 0. The number of hydrogen-bond acceptors (Lipinski definition) is 1. The van der Waals surface area contributed by atoms with Crippen LogP contribution in [0.5, 0.6) is 0 Å². The lowest BCUT2D eigenvalue weighted by Crippen LogP contribution is -2.23. The van der Waals surface area contributed by atoms with Gasteiger partial charge in [0, 0.05) is 6.42 Å². The Bertz CT molecular complexity index is 190. The lowest BCUT2D eigenvalue weighted by Gasteiger charge is -2.18. The van der Waals surface area contributed by atoms with E-state index in [-0.39, 0.29) is 5.41 Å². The molecule has 0 aliphatic carbocycles. The molecule has 0 unspecified atom stereocenters. The fourth-order valence-corrected chi connectivity index (χ4v) is 1.24. The molecular weight excluding hydrogens is 162 g/mol. The van der Waals surface area contributed by atoms with Crippen molar-refractivity contribution in [3.63, 3.8) is 0 Å². The first kappa shape index (κ1) is 11.7. The zero-order valence-electron chi connectivity index (χ0n) is 8.99. The van der Waals surface area contributed by atoms with Crippen LogP contribution in [0.4, 0.5) is 0 Å². The van der Waals surface area contributed by atoms with Gasteiger partial charge < -0.3 is 5.73 Å². The molecule has 0 saturated carbocycles. The van der Waals surface area contributed by atoms with Gasteiger partial charge >= 0.3 is 0 Å². The Morgan fingerprint density at radius 2 is 1.75 bits per heavy atom. The Labute approximate surface area is 77.7 Å². The van der Waals surface area contributed by atoms with E-state index in [1.54, 1.807) is 0 Å². The van der Waals surface area contributed by atoms with E-state index in [4.69, 9.17) is 5.73 Å².